The molecule has 1 aliphatic rings. The lowest BCUT2D eigenvalue weighted by Crippen LogP contribution is -2.20. The van der Waals surface area contributed by atoms with Crippen LogP contribution in [0, 0.1) is 5.41 Å². The average Bonchev–Trinajstić information content (AvgIpc) is 2.84. The fourth-order valence-corrected chi connectivity index (χ4v) is 7.49. The van der Waals surface area contributed by atoms with Gasteiger partial charge in [-0.3, -0.25) is 0 Å². The van der Waals surface area contributed by atoms with Crippen LogP contribution in [0.25, 0.3) is 0 Å². The molecule has 1 atom stereocenters. The highest BCUT2D eigenvalue weighted by molar-refractivity contribution is 7.99. The molecule has 0 saturated heterocycles. The Labute approximate surface area is 223 Å². The SMILES string of the molecule is CC1=C(/C=C/C(C)=C/C(C/C(C)=C/CSc2ccccc2)S(=O)(=O)c2ccccc2)C(C)(C)CCC1. The van der Waals surface area contributed by atoms with E-state index in [9.17, 15) is 8.42 Å². The van der Waals surface area contributed by atoms with E-state index in [-0.39, 0.29) is 5.41 Å². The summed E-state index contributed by atoms with van der Waals surface area (Å²) in [5.41, 5.74) is 5.05. The molecule has 0 heterocycles. The molecular weight excluding hydrogens is 480 g/mol. The molecule has 0 amide bonds. The third-order valence-corrected chi connectivity index (χ3v) is 9.89. The first kappa shape index (κ1) is 28.3. The molecule has 0 aromatic heterocycles. The Morgan fingerprint density at radius 3 is 2.31 bits per heavy atom. The highest BCUT2D eigenvalue weighted by Crippen LogP contribution is 2.40. The van der Waals surface area contributed by atoms with Gasteiger partial charge in [-0.15, -0.1) is 11.8 Å². The summed E-state index contributed by atoms with van der Waals surface area (Å²) in [6, 6.07) is 19.1. The van der Waals surface area contributed by atoms with E-state index in [1.54, 1.807) is 36.0 Å². The normalized spacial score (nSPS) is 18.0. The fraction of sp³-hybridized carbons (Fsp3) is 0.375. The topological polar surface area (TPSA) is 34.1 Å². The number of benzene rings is 2. The van der Waals surface area contributed by atoms with Gasteiger partial charge in [0.25, 0.3) is 0 Å². The molecule has 1 unspecified atom stereocenters. The van der Waals surface area contributed by atoms with Gasteiger partial charge in [0.15, 0.2) is 9.84 Å². The van der Waals surface area contributed by atoms with Gasteiger partial charge in [-0.2, -0.15) is 0 Å². The van der Waals surface area contributed by atoms with Gasteiger partial charge in [-0.25, -0.2) is 8.42 Å². The summed E-state index contributed by atoms with van der Waals surface area (Å²) in [5, 5.41) is -0.614. The summed E-state index contributed by atoms with van der Waals surface area (Å²) in [5.74, 6) is 0.819. The van der Waals surface area contributed by atoms with Crippen molar-refractivity contribution in [3.8, 4) is 0 Å². The monoisotopic (exact) mass is 520 g/mol. The van der Waals surface area contributed by atoms with Crippen LogP contribution in [0.1, 0.15) is 60.3 Å². The van der Waals surface area contributed by atoms with Gasteiger partial charge in [0, 0.05) is 10.6 Å². The summed E-state index contributed by atoms with van der Waals surface area (Å²) >= 11 is 1.76. The zero-order valence-corrected chi connectivity index (χ0v) is 24.0. The Bertz CT molecular complexity index is 1230. The van der Waals surface area contributed by atoms with Crippen molar-refractivity contribution in [3.63, 3.8) is 0 Å². The van der Waals surface area contributed by atoms with Crippen molar-refractivity contribution in [2.75, 3.05) is 5.75 Å². The molecule has 0 aliphatic heterocycles. The van der Waals surface area contributed by atoms with E-state index in [1.165, 1.54) is 28.9 Å². The molecule has 0 spiro atoms. The lowest BCUT2D eigenvalue weighted by Gasteiger charge is -2.33. The smallest absolute Gasteiger partial charge is 0.185 e. The maximum atomic E-state index is 13.6. The number of allylic oxidation sites excluding steroid dienone is 6. The van der Waals surface area contributed by atoms with Crippen LogP contribution in [0.5, 0.6) is 0 Å². The number of thioether (sulfide) groups is 1. The Kier molecular flexibility index (Phi) is 10.0. The molecule has 0 bridgehead atoms. The summed E-state index contributed by atoms with van der Waals surface area (Å²) in [6.45, 7) is 10.9. The molecule has 4 heteroatoms. The van der Waals surface area contributed by atoms with E-state index in [1.807, 2.05) is 44.2 Å². The number of hydrogen-bond acceptors (Lipinski definition) is 3. The van der Waals surface area contributed by atoms with Crippen LogP contribution in [-0.4, -0.2) is 19.4 Å². The summed E-state index contributed by atoms with van der Waals surface area (Å²) < 4.78 is 27.3. The quantitative estimate of drug-likeness (QED) is 0.178. The minimum Gasteiger partial charge on any atom is -0.223 e. The lowest BCUT2D eigenvalue weighted by molar-refractivity contribution is 0.377. The van der Waals surface area contributed by atoms with Crippen LogP contribution in [-0.2, 0) is 9.84 Å². The van der Waals surface area contributed by atoms with Gasteiger partial charge in [0.2, 0.25) is 0 Å². The van der Waals surface area contributed by atoms with Crippen LogP contribution in [0.4, 0.5) is 0 Å². The summed E-state index contributed by atoms with van der Waals surface area (Å²) in [7, 11) is -3.52. The number of hydrogen-bond donors (Lipinski definition) is 0. The highest BCUT2D eigenvalue weighted by Gasteiger charge is 2.27. The molecule has 36 heavy (non-hydrogen) atoms. The van der Waals surface area contributed by atoms with Gasteiger partial charge in [-0.1, -0.05) is 91.3 Å². The molecule has 3 rings (SSSR count). The summed E-state index contributed by atoms with van der Waals surface area (Å²) in [6.07, 6.45) is 12.4. The molecule has 0 fully saturated rings. The third kappa shape index (κ3) is 7.85. The highest BCUT2D eigenvalue weighted by atomic mass is 32.2. The van der Waals surface area contributed by atoms with Crippen LogP contribution in [0.2, 0.25) is 0 Å². The van der Waals surface area contributed by atoms with Crippen LogP contribution >= 0.6 is 11.8 Å². The minimum absolute atomic E-state index is 0.157. The first-order valence-corrected chi connectivity index (χ1v) is 15.3. The Hall–Kier alpha value is -2.30. The predicted octanol–water partition coefficient (Wildman–Crippen LogP) is 8.99. The molecule has 192 valence electrons. The Balaban J connectivity index is 1.84. The van der Waals surface area contributed by atoms with Gasteiger partial charge in [0.05, 0.1) is 10.1 Å². The van der Waals surface area contributed by atoms with E-state index in [4.69, 9.17) is 0 Å². The Morgan fingerprint density at radius 2 is 1.67 bits per heavy atom. The molecule has 0 radical (unpaired) electrons. The van der Waals surface area contributed by atoms with Gasteiger partial charge in [-0.05, 0) is 81.7 Å². The third-order valence-electron chi connectivity index (χ3n) is 6.92. The van der Waals surface area contributed by atoms with Crippen LogP contribution in [0.3, 0.4) is 0 Å². The van der Waals surface area contributed by atoms with Crippen LogP contribution < -0.4 is 0 Å². The number of sulfone groups is 1. The molecule has 2 aromatic carbocycles. The molecule has 2 nitrogen and oxygen atoms in total. The molecular formula is C32H40O2S2. The fourth-order valence-electron chi connectivity index (χ4n) is 4.81. The van der Waals surface area contributed by atoms with E-state index < -0.39 is 15.1 Å². The van der Waals surface area contributed by atoms with Gasteiger partial charge < -0.3 is 0 Å². The number of rotatable bonds is 10. The van der Waals surface area contributed by atoms with Crippen molar-refractivity contribution in [2.24, 2.45) is 5.41 Å². The molecule has 0 saturated carbocycles. The molecule has 2 aromatic rings. The van der Waals surface area contributed by atoms with E-state index in [0.717, 1.165) is 23.3 Å². The zero-order chi connectivity index (χ0) is 26.2. The van der Waals surface area contributed by atoms with Crippen molar-refractivity contribution >= 4 is 21.6 Å². The maximum Gasteiger partial charge on any atom is 0.185 e. The lowest BCUT2D eigenvalue weighted by atomic mass is 9.72. The van der Waals surface area contributed by atoms with E-state index >= 15 is 0 Å². The first-order valence-electron chi connectivity index (χ1n) is 12.8. The second-order valence-corrected chi connectivity index (χ2v) is 13.7. The molecule has 0 N–H and O–H groups in total. The summed E-state index contributed by atoms with van der Waals surface area (Å²) in [4.78, 5) is 1.59. The van der Waals surface area contributed by atoms with Crippen molar-refractivity contribution in [3.05, 3.63) is 107 Å². The van der Waals surface area contributed by atoms with Crippen molar-refractivity contribution < 1.29 is 8.42 Å². The van der Waals surface area contributed by atoms with Gasteiger partial charge in [0.1, 0.15) is 0 Å². The first-order chi connectivity index (χ1) is 17.1. The van der Waals surface area contributed by atoms with Crippen LogP contribution in [0.15, 0.2) is 117 Å². The van der Waals surface area contributed by atoms with Crippen molar-refractivity contribution in [2.45, 2.75) is 75.3 Å². The van der Waals surface area contributed by atoms with Crippen molar-refractivity contribution in [1.29, 1.82) is 0 Å². The standard InChI is InChI=1S/C32H40O2S2/c1-25(18-19-31-27(3)13-12-21-32(31,4)5)23-30(36(33,34)29-16-10-7-11-17-29)24-26(2)20-22-35-28-14-8-6-9-15-28/h6-11,14-20,23,30H,12-13,21-22,24H2,1-5H3/b19-18+,25-23+,26-20+. The predicted molar refractivity (Wildman–Crippen MR) is 156 cm³/mol. The van der Waals surface area contributed by atoms with Gasteiger partial charge >= 0.3 is 0 Å². The second kappa shape index (κ2) is 12.8. The largest absolute Gasteiger partial charge is 0.223 e. The zero-order valence-electron chi connectivity index (χ0n) is 22.3. The Morgan fingerprint density at radius 1 is 1.03 bits per heavy atom. The van der Waals surface area contributed by atoms with E-state index in [2.05, 4.69) is 51.1 Å². The van der Waals surface area contributed by atoms with E-state index in [0.29, 0.717) is 11.3 Å². The maximum absolute atomic E-state index is 13.6. The molecule has 1 aliphatic carbocycles. The van der Waals surface area contributed by atoms with Crippen molar-refractivity contribution in [1.82, 2.24) is 0 Å². The second-order valence-electron chi connectivity index (χ2n) is 10.5. The minimum atomic E-state index is -3.52. The average molecular weight is 521 g/mol.